The van der Waals surface area contributed by atoms with Crippen LogP contribution in [-0.4, -0.2) is 22.8 Å². The maximum Gasteiger partial charge on any atom is 0.413 e. The molecule has 0 saturated heterocycles. The van der Waals surface area contributed by atoms with E-state index in [-0.39, 0.29) is 5.92 Å². The number of aromatic nitrogens is 1. The lowest BCUT2D eigenvalue weighted by Crippen LogP contribution is -2.46. The van der Waals surface area contributed by atoms with Crippen molar-refractivity contribution in [2.45, 2.75) is 31.5 Å². The fraction of sp³-hybridized carbons (Fsp3) is 0.300. The number of rotatable bonds is 3. The van der Waals surface area contributed by atoms with Crippen molar-refractivity contribution in [3.63, 3.8) is 0 Å². The topological polar surface area (TPSA) is 112 Å². The first kappa shape index (κ1) is 17.9. The van der Waals surface area contributed by atoms with Crippen molar-refractivity contribution in [3.8, 4) is 0 Å². The molecule has 4 rings (SSSR count). The van der Waals surface area contributed by atoms with Gasteiger partial charge < -0.3 is 10.1 Å². The number of carbonyl (C=O) groups excluding carboxylic acids is 1. The average Bonchev–Trinajstić information content (AvgIpc) is 2.68. The zero-order chi connectivity index (χ0) is 19.6. The number of azide groups is 1. The van der Waals surface area contributed by atoms with E-state index in [9.17, 15) is 10.3 Å². The highest BCUT2D eigenvalue weighted by Gasteiger charge is 2.46. The van der Waals surface area contributed by atoms with Crippen LogP contribution in [0.4, 0.5) is 10.5 Å². The van der Waals surface area contributed by atoms with Gasteiger partial charge in [-0.15, -0.1) is 0 Å². The lowest BCUT2D eigenvalue weighted by molar-refractivity contribution is 0.119. The highest BCUT2D eigenvalue weighted by Crippen LogP contribution is 2.50. The second-order valence-electron chi connectivity index (χ2n) is 6.82. The third kappa shape index (κ3) is 3.04. The lowest BCUT2D eigenvalue weighted by Gasteiger charge is -2.46. The summed E-state index contributed by atoms with van der Waals surface area (Å²) in [5.41, 5.74) is 12.1. The second-order valence-corrected chi connectivity index (χ2v) is 6.82. The van der Waals surface area contributed by atoms with E-state index in [4.69, 9.17) is 4.74 Å². The van der Waals surface area contributed by atoms with Gasteiger partial charge in [-0.25, -0.2) is 4.79 Å². The Balaban J connectivity index is 1.54. The number of fused-ring (bicyclic) bond motifs is 3. The average molecular weight is 376 g/mol. The van der Waals surface area contributed by atoms with E-state index < -0.39 is 17.9 Å². The summed E-state index contributed by atoms with van der Waals surface area (Å²) in [5.74, 6) is 0.160. The molecule has 8 heteroatoms. The molecule has 0 aromatic carbocycles. The number of hydrogen-bond acceptors (Lipinski definition) is 5. The number of amides is 1. The first-order chi connectivity index (χ1) is 13.7. The Kier molecular flexibility index (Phi) is 4.63. The molecule has 0 fully saturated rings. The number of nitrogens with zero attached hydrogens (tertiary/aromatic N) is 4. The summed E-state index contributed by atoms with van der Waals surface area (Å²) < 4.78 is 5.47. The van der Waals surface area contributed by atoms with Crippen molar-refractivity contribution in [3.05, 3.63) is 82.2 Å². The van der Waals surface area contributed by atoms with Crippen molar-refractivity contribution in [2.75, 3.05) is 5.32 Å². The number of hydrogen-bond donors (Lipinski definition) is 2. The van der Waals surface area contributed by atoms with Gasteiger partial charge in [0.25, 0.3) is 0 Å². The molecule has 142 valence electrons. The number of allylic oxidation sites excluding steroid dienone is 3. The minimum atomic E-state index is -0.718. The standard InChI is InChI=1S/C20H20N6O2/c1-2-15-13-4-3-9-20(15,25-26-21)16-5-6-18(24-17(16)12-13)28-19(27)23-14-7-10-22-11-8-14/h2-8,10-11,13,18,24H,9,12H2,1H3,(H,22,23,27)/b15-2+/t13-,18?,20?/m1/s1. The minimum Gasteiger partial charge on any atom is -0.422 e. The molecule has 2 N–H and O–H groups in total. The lowest BCUT2D eigenvalue weighted by atomic mass is 9.64. The van der Waals surface area contributed by atoms with Crippen molar-refractivity contribution < 1.29 is 9.53 Å². The summed E-state index contributed by atoms with van der Waals surface area (Å²) >= 11 is 0. The van der Waals surface area contributed by atoms with E-state index in [1.165, 1.54) is 0 Å². The van der Waals surface area contributed by atoms with Crippen LogP contribution in [0.5, 0.6) is 0 Å². The molecular formula is C20H20N6O2. The minimum absolute atomic E-state index is 0.160. The first-order valence-corrected chi connectivity index (χ1v) is 9.12. The zero-order valence-electron chi connectivity index (χ0n) is 15.4. The molecule has 1 aromatic rings. The van der Waals surface area contributed by atoms with Crippen molar-refractivity contribution in [1.82, 2.24) is 10.3 Å². The first-order valence-electron chi connectivity index (χ1n) is 9.12. The van der Waals surface area contributed by atoms with Crippen LogP contribution < -0.4 is 10.6 Å². The smallest absolute Gasteiger partial charge is 0.413 e. The van der Waals surface area contributed by atoms with Gasteiger partial charge in [0.1, 0.15) is 5.54 Å². The molecule has 1 aromatic heterocycles. The molecule has 8 nitrogen and oxygen atoms in total. The van der Waals surface area contributed by atoms with Gasteiger partial charge in [0, 0.05) is 34.6 Å². The summed E-state index contributed by atoms with van der Waals surface area (Å²) in [6, 6.07) is 3.37. The Bertz CT molecular complexity index is 958. The summed E-state index contributed by atoms with van der Waals surface area (Å²) in [4.78, 5) is 19.2. The van der Waals surface area contributed by atoms with E-state index in [0.29, 0.717) is 12.1 Å². The zero-order valence-corrected chi connectivity index (χ0v) is 15.4. The van der Waals surface area contributed by atoms with E-state index in [2.05, 4.69) is 37.8 Å². The number of dihydropyridines is 1. The largest absolute Gasteiger partial charge is 0.422 e. The van der Waals surface area contributed by atoms with Crippen molar-refractivity contribution >= 4 is 11.8 Å². The monoisotopic (exact) mass is 376 g/mol. The van der Waals surface area contributed by atoms with Crippen LogP contribution in [0.25, 0.3) is 10.4 Å². The number of ether oxygens (including phenoxy) is 1. The Morgan fingerprint density at radius 3 is 3.04 bits per heavy atom. The number of carbonyl (C=O) groups is 1. The molecule has 2 unspecified atom stereocenters. The molecule has 2 heterocycles. The second kappa shape index (κ2) is 7.25. The fourth-order valence-corrected chi connectivity index (χ4v) is 4.18. The van der Waals surface area contributed by atoms with E-state index >= 15 is 0 Å². The molecule has 0 spiro atoms. The van der Waals surface area contributed by atoms with Crippen LogP contribution in [0, 0.1) is 5.92 Å². The highest BCUT2D eigenvalue weighted by atomic mass is 16.6. The Morgan fingerprint density at radius 1 is 1.46 bits per heavy atom. The van der Waals surface area contributed by atoms with Gasteiger partial charge in [0.2, 0.25) is 0 Å². The van der Waals surface area contributed by atoms with Gasteiger partial charge in [-0.2, -0.15) is 0 Å². The van der Waals surface area contributed by atoms with Crippen LogP contribution in [0.3, 0.4) is 0 Å². The number of nitrogens with one attached hydrogen (secondary N) is 2. The van der Waals surface area contributed by atoms with E-state index in [1.54, 1.807) is 30.6 Å². The van der Waals surface area contributed by atoms with Gasteiger partial charge in [-0.05, 0) is 49.1 Å². The third-order valence-corrected chi connectivity index (χ3v) is 5.29. The Morgan fingerprint density at radius 2 is 2.29 bits per heavy atom. The third-order valence-electron chi connectivity index (χ3n) is 5.29. The summed E-state index contributed by atoms with van der Waals surface area (Å²) in [5, 5.41) is 10.1. The van der Waals surface area contributed by atoms with Crippen LogP contribution in [0.1, 0.15) is 19.8 Å². The molecule has 1 amide bonds. The van der Waals surface area contributed by atoms with Crippen LogP contribution in [0.15, 0.2) is 76.9 Å². The van der Waals surface area contributed by atoms with Gasteiger partial charge in [-0.3, -0.25) is 10.3 Å². The van der Waals surface area contributed by atoms with Crippen LogP contribution in [0.2, 0.25) is 0 Å². The van der Waals surface area contributed by atoms with Crippen LogP contribution in [-0.2, 0) is 4.74 Å². The summed E-state index contributed by atoms with van der Waals surface area (Å²) in [7, 11) is 0. The van der Waals surface area contributed by atoms with E-state index in [1.807, 2.05) is 19.1 Å². The Labute approximate surface area is 162 Å². The summed E-state index contributed by atoms with van der Waals surface area (Å²) in [6.45, 7) is 1.98. The number of anilines is 1. The SMILES string of the molecule is C/C=C1\[C@@H]2C=CCC1(N=[N+]=[N-])C1=C(C2)NC(OC(=O)Nc2ccncc2)C=C1. The molecule has 2 aliphatic carbocycles. The maximum atomic E-state index is 12.2. The van der Waals surface area contributed by atoms with Gasteiger partial charge in [-0.1, -0.05) is 35.0 Å². The quantitative estimate of drug-likeness (QED) is 0.353. The Hall–Kier alpha value is -3.51. The normalized spacial score (nSPS) is 28.8. The maximum absolute atomic E-state index is 12.2. The van der Waals surface area contributed by atoms with Crippen molar-refractivity contribution in [1.29, 1.82) is 0 Å². The molecule has 28 heavy (non-hydrogen) atoms. The summed E-state index contributed by atoms with van der Waals surface area (Å²) in [6.07, 6.45) is 13.3. The number of pyridine rings is 1. The predicted molar refractivity (Wildman–Crippen MR) is 105 cm³/mol. The van der Waals surface area contributed by atoms with Gasteiger partial charge >= 0.3 is 6.09 Å². The van der Waals surface area contributed by atoms with Gasteiger partial charge in [0.05, 0.1) is 0 Å². The predicted octanol–water partition coefficient (Wildman–Crippen LogP) is 4.34. The molecular weight excluding hydrogens is 356 g/mol. The molecule has 3 aliphatic rings. The van der Waals surface area contributed by atoms with Gasteiger partial charge in [0.15, 0.2) is 6.23 Å². The molecule has 3 atom stereocenters. The molecule has 0 radical (unpaired) electrons. The molecule has 0 saturated carbocycles. The highest BCUT2D eigenvalue weighted by molar-refractivity contribution is 5.84. The fourth-order valence-electron chi connectivity index (χ4n) is 4.18. The molecule has 2 bridgehead atoms. The van der Waals surface area contributed by atoms with Crippen molar-refractivity contribution in [2.24, 2.45) is 11.0 Å². The van der Waals surface area contributed by atoms with E-state index in [0.717, 1.165) is 23.3 Å². The van der Waals surface area contributed by atoms with Crippen LogP contribution >= 0.6 is 0 Å². The molecule has 1 aliphatic heterocycles.